The highest BCUT2D eigenvalue weighted by atomic mass is 16.3. The van der Waals surface area contributed by atoms with Gasteiger partial charge >= 0.3 is 0 Å². The van der Waals surface area contributed by atoms with Gasteiger partial charge in [-0.1, -0.05) is 12.1 Å². The van der Waals surface area contributed by atoms with Crippen LogP contribution in [0.25, 0.3) is 11.0 Å². The van der Waals surface area contributed by atoms with Gasteiger partial charge in [0.1, 0.15) is 0 Å². The van der Waals surface area contributed by atoms with Crippen LogP contribution in [0, 0.1) is 11.8 Å². The molecule has 1 N–H and O–H groups in total. The molecule has 2 aromatic rings. The fraction of sp³-hybridized carbons (Fsp3) is 0.571. The maximum absolute atomic E-state index is 13.2. The molecule has 4 rings (SSSR count). The molecule has 2 saturated heterocycles. The molecule has 0 saturated carbocycles. The average Bonchev–Trinajstić information content (AvgIpc) is 3.23. The quantitative estimate of drug-likeness (QED) is 0.854. The van der Waals surface area contributed by atoms with E-state index in [2.05, 4.69) is 9.88 Å². The SMILES string of the molecule is Cn1c(=O)c(C(=O)N2C[C@@H](CO)C[C@@H](CN3CCCC3)C2)nc2ccccc21. The van der Waals surface area contributed by atoms with Gasteiger partial charge in [-0.05, 0) is 56.3 Å². The van der Waals surface area contributed by atoms with Crippen molar-refractivity contribution < 1.29 is 9.90 Å². The van der Waals surface area contributed by atoms with Crippen LogP contribution in [0.3, 0.4) is 0 Å². The van der Waals surface area contributed by atoms with E-state index in [0.29, 0.717) is 30.0 Å². The first-order chi connectivity index (χ1) is 13.6. The summed E-state index contributed by atoms with van der Waals surface area (Å²) < 4.78 is 1.49. The van der Waals surface area contributed by atoms with Crippen molar-refractivity contribution in [2.45, 2.75) is 19.3 Å². The van der Waals surface area contributed by atoms with Gasteiger partial charge in [-0.25, -0.2) is 4.98 Å². The van der Waals surface area contributed by atoms with Gasteiger partial charge in [0, 0.05) is 33.3 Å². The zero-order chi connectivity index (χ0) is 19.7. The van der Waals surface area contributed by atoms with Gasteiger partial charge in [0.15, 0.2) is 5.69 Å². The second-order valence-electron chi connectivity index (χ2n) is 8.18. The summed E-state index contributed by atoms with van der Waals surface area (Å²) in [7, 11) is 1.67. The van der Waals surface area contributed by atoms with Crippen molar-refractivity contribution in [2.24, 2.45) is 18.9 Å². The fourth-order valence-electron chi connectivity index (χ4n) is 4.65. The van der Waals surface area contributed by atoms with E-state index in [9.17, 15) is 14.7 Å². The zero-order valence-electron chi connectivity index (χ0n) is 16.4. The number of carbonyl (C=O) groups excluding carboxylic acids is 1. The van der Waals surface area contributed by atoms with Gasteiger partial charge in [-0.15, -0.1) is 0 Å². The number of aliphatic hydroxyl groups is 1. The van der Waals surface area contributed by atoms with E-state index in [1.807, 2.05) is 24.3 Å². The Bertz CT molecular complexity index is 919. The molecule has 3 heterocycles. The molecule has 1 aromatic carbocycles. The lowest BCUT2D eigenvalue weighted by atomic mass is 9.89. The molecule has 2 aliphatic rings. The standard InChI is InChI=1S/C21H28N4O3/c1-23-18-7-3-2-6-17(18)22-19(20(23)27)21(28)25-12-15(10-16(13-25)14-26)11-24-8-4-5-9-24/h2-3,6-7,15-16,26H,4-5,8-14H2,1H3/t15-,16-/m0/s1. The largest absolute Gasteiger partial charge is 0.396 e. The van der Waals surface area contributed by atoms with E-state index in [1.54, 1.807) is 11.9 Å². The lowest BCUT2D eigenvalue weighted by molar-refractivity contribution is 0.0458. The van der Waals surface area contributed by atoms with Crippen LogP contribution < -0.4 is 5.56 Å². The zero-order valence-corrected chi connectivity index (χ0v) is 16.4. The minimum absolute atomic E-state index is 0.0280. The molecule has 1 aromatic heterocycles. The van der Waals surface area contributed by atoms with E-state index in [1.165, 1.54) is 17.4 Å². The van der Waals surface area contributed by atoms with Crippen LogP contribution in [0.4, 0.5) is 0 Å². The molecule has 0 radical (unpaired) electrons. The van der Waals surface area contributed by atoms with Crippen LogP contribution in [-0.2, 0) is 7.05 Å². The molecule has 2 aliphatic heterocycles. The molecule has 2 fully saturated rings. The lowest BCUT2D eigenvalue weighted by Crippen LogP contribution is -2.49. The summed E-state index contributed by atoms with van der Waals surface area (Å²) in [6, 6.07) is 7.34. The second kappa shape index (κ2) is 8.01. The molecule has 7 nitrogen and oxygen atoms in total. The highest BCUT2D eigenvalue weighted by Gasteiger charge is 2.33. The summed E-state index contributed by atoms with van der Waals surface area (Å²) in [5.41, 5.74) is 0.950. The highest BCUT2D eigenvalue weighted by molar-refractivity contribution is 5.94. The number of fused-ring (bicyclic) bond motifs is 1. The summed E-state index contributed by atoms with van der Waals surface area (Å²) in [6.07, 6.45) is 3.38. The first-order valence-corrected chi connectivity index (χ1v) is 10.1. The summed E-state index contributed by atoms with van der Waals surface area (Å²) in [4.78, 5) is 34.6. The number of benzene rings is 1. The number of likely N-dealkylation sites (tertiary alicyclic amines) is 2. The predicted molar refractivity (Wildman–Crippen MR) is 107 cm³/mol. The highest BCUT2D eigenvalue weighted by Crippen LogP contribution is 2.25. The topological polar surface area (TPSA) is 78.7 Å². The Morgan fingerprint density at radius 2 is 1.89 bits per heavy atom. The number of amides is 1. The number of rotatable bonds is 4. The van der Waals surface area contributed by atoms with Crippen molar-refractivity contribution >= 4 is 16.9 Å². The molecule has 1 amide bonds. The Morgan fingerprint density at radius 3 is 2.64 bits per heavy atom. The Balaban J connectivity index is 1.60. The van der Waals surface area contributed by atoms with E-state index in [4.69, 9.17) is 0 Å². The van der Waals surface area contributed by atoms with E-state index in [0.717, 1.165) is 26.1 Å². The Kier molecular flexibility index (Phi) is 5.46. The van der Waals surface area contributed by atoms with E-state index in [-0.39, 0.29) is 29.7 Å². The summed E-state index contributed by atoms with van der Waals surface area (Å²) >= 11 is 0. The van der Waals surface area contributed by atoms with Gasteiger partial charge in [0.05, 0.1) is 11.0 Å². The molecular weight excluding hydrogens is 356 g/mol. The molecule has 0 spiro atoms. The number of aliphatic hydroxyl groups excluding tert-OH is 1. The first-order valence-electron chi connectivity index (χ1n) is 10.1. The summed E-state index contributed by atoms with van der Waals surface area (Å²) in [6.45, 7) is 4.32. The predicted octanol–water partition coefficient (Wildman–Crippen LogP) is 1.10. The van der Waals surface area contributed by atoms with Crippen LogP contribution in [0.5, 0.6) is 0 Å². The molecule has 28 heavy (non-hydrogen) atoms. The number of nitrogens with zero attached hydrogens (tertiary/aromatic N) is 4. The normalized spacial score (nSPS) is 23.4. The smallest absolute Gasteiger partial charge is 0.282 e. The number of hydrogen-bond donors (Lipinski definition) is 1. The van der Waals surface area contributed by atoms with Crippen LogP contribution in [0.15, 0.2) is 29.1 Å². The molecule has 0 aliphatic carbocycles. The van der Waals surface area contributed by atoms with Gasteiger partial charge in [-0.3, -0.25) is 9.59 Å². The fourth-order valence-corrected chi connectivity index (χ4v) is 4.65. The molecular formula is C21H28N4O3. The molecule has 2 atom stereocenters. The Labute approximate surface area is 164 Å². The number of carbonyl (C=O) groups is 1. The van der Waals surface area contributed by atoms with Crippen molar-refractivity contribution in [3.05, 3.63) is 40.3 Å². The van der Waals surface area contributed by atoms with Crippen molar-refractivity contribution in [2.75, 3.05) is 39.3 Å². The third-order valence-corrected chi connectivity index (χ3v) is 6.07. The molecule has 0 bridgehead atoms. The number of aryl methyl sites for hydroxylation is 1. The number of hydrogen-bond acceptors (Lipinski definition) is 5. The van der Waals surface area contributed by atoms with Crippen molar-refractivity contribution in [1.82, 2.24) is 19.4 Å². The van der Waals surface area contributed by atoms with Crippen LogP contribution in [0.2, 0.25) is 0 Å². The minimum Gasteiger partial charge on any atom is -0.396 e. The summed E-state index contributed by atoms with van der Waals surface area (Å²) in [5, 5.41) is 9.75. The third-order valence-electron chi connectivity index (χ3n) is 6.07. The number of piperidine rings is 1. The maximum Gasteiger partial charge on any atom is 0.282 e. The van der Waals surface area contributed by atoms with Crippen molar-refractivity contribution in [3.63, 3.8) is 0 Å². The van der Waals surface area contributed by atoms with Gasteiger partial charge in [-0.2, -0.15) is 0 Å². The molecule has 150 valence electrons. The third kappa shape index (κ3) is 3.69. The minimum atomic E-state index is -0.370. The van der Waals surface area contributed by atoms with Gasteiger partial charge in [0.2, 0.25) is 0 Å². The van der Waals surface area contributed by atoms with Crippen LogP contribution in [-0.4, -0.2) is 69.7 Å². The second-order valence-corrected chi connectivity index (χ2v) is 8.18. The van der Waals surface area contributed by atoms with Gasteiger partial charge < -0.3 is 19.5 Å². The van der Waals surface area contributed by atoms with Gasteiger partial charge in [0.25, 0.3) is 11.5 Å². The average molecular weight is 384 g/mol. The molecule has 7 heteroatoms. The van der Waals surface area contributed by atoms with Crippen molar-refractivity contribution in [1.29, 1.82) is 0 Å². The van der Waals surface area contributed by atoms with Crippen LogP contribution >= 0.6 is 0 Å². The Morgan fingerprint density at radius 1 is 1.18 bits per heavy atom. The van der Waals surface area contributed by atoms with Crippen LogP contribution in [0.1, 0.15) is 29.8 Å². The summed E-state index contributed by atoms with van der Waals surface area (Å²) in [5.74, 6) is 0.0443. The first kappa shape index (κ1) is 19.1. The monoisotopic (exact) mass is 384 g/mol. The lowest BCUT2D eigenvalue weighted by Gasteiger charge is -2.38. The molecule has 0 unspecified atom stereocenters. The number of para-hydroxylation sites is 2. The van der Waals surface area contributed by atoms with E-state index < -0.39 is 0 Å². The number of aromatic nitrogens is 2. The maximum atomic E-state index is 13.2. The van der Waals surface area contributed by atoms with Crippen molar-refractivity contribution in [3.8, 4) is 0 Å². The van der Waals surface area contributed by atoms with E-state index >= 15 is 0 Å². The Hall–Kier alpha value is -2.25.